The molecule has 10 heteroatoms. The van der Waals surface area contributed by atoms with Gasteiger partial charge in [-0.25, -0.2) is 18.7 Å². The fourth-order valence-corrected chi connectivity index (χ4v) is 2.91. The van der Waals surface area contributed by atoms with Crippen molar-refractivity contribution < 1.29 is 13.9 Å². The standard InChI is InChI=1S/C20H16ClFN6O2/c21-15-6-2-4-8-18(15)30-13-28-17(9-10-24-28)19(29)25-20-23-12-27(26-20)11-14-5-1-3-7-16(14)22/h1-10,12H,11,13H2,(H,25,26,29). The third kappa shape index (κ3) is 4.47. The lowest BCUT2D eigenvalue weighted by atomic mass is 10.2. The molecular weight excluding hydrogens is 411 g/mol. The monoisotopic (exact) mass is 426 g/mol. The Balaban J connectivity index is 1.40. The van der Waals surface area contributed by atoms with Crippen LogP contribution in [-0.4, -0.2) is 30.5 Å². The van der Waals surface area contributed by atoms with E-state index in [1.54, 1.807) is 48.5 Å². The minimum atomic E-state index is -0.459. The van der Waals surface area contributed by atoms with Crippen LogP contribution in [0.3, 0.4) is 0 Å². The number of carbonyl (C=O) groups is 1. The first kappa shape index (κ1) is 19.6. The number of halogens is 2. The molecule has 2 heterocycles. The van der Waals surface area contributed by atoms with Crippen molar-refractivity contribution in [1.82, 2.24) is 24.5 Å². The number of anilines is 1. The highest BCUT2D eigenvalue weighted by atomic mass is 35.5. The third-order valence-electron chi connectivity index (χ3n) is 4.18. The van der Waals surface area contributed by atoms with E-state index in [2.05, 4.69) is 20.5 Å². The van der Waals surface area contributed by atoms with Crippen LogP contribution in [0.2, 0.25) is 5.02 Å². The number of nitrogens with zero attached hydrogens (tertiary/aromatic N) is 5. The zero-order valence-corrected chi connectivity index (χ0v) is 16.3. The lowest BCUT2D eigenvalue weighted by Crippen LogP contribution is -2.20. The minimum Gasteiger partial charge on any atom is -0.470 e. The Morgan fingerprint density at radius 3 is 2.77 bits per heavy atom. The number of hydrogen-bond acceptors (Lipinski definition) is 5. The number of aromatic nitrogens is 5. The molecule has 0 spiro atoms. The molecule has 0 saturated carbocycles. The van der Waals surface area contributed by atoms with Crippen molar-refractivity contribution in [2.24, 2.45) is 0 Å². The number of amides is 1. The largest absolute Gasteiger partial charge is 0.470 e. The molecule has 0 radical (unpaired) electrons. The average Bonchev–Trinajstić information content (AvgIpc) is 3.38. The quantitative estimate of drug-likeness (QED) is 0.488. The maximum absolute atomic E-state index is 13.8. The van der Waals surface area contributed by atoms with Gasteiger partial charge in [-0.1, -0.05) is 41.9 Å². The lowest BCUT2D eigenvalue weighted by Gasteiger charge is -2.10. The molecule has 0 atom stereocenters. The summed E-state index contributed by atoms with van der Waals surface area (Å²) in [5, 5.41) is 11.3. The summed E-state index contributed by atoms with van der Waals surface area (Å²) in [5.74, 6) is -0.217. The van der Waals surface area contributed by atoms with Gasteiger partial charge in [0, 0.05) is 11.8 Å². The first-order valence-electron chi connectivity index (χ1n) is 8.93. The molecule has 8 nitrogen and oxygen atoms in total. The molecule has 152 valence electrons. The molecule has 0 aliphatic carbocycles. The van der Waals surface area contributed by atoms with Crippen LogP contribution < -0.4 is 10.1 Å². The summed E-state index contributed by atoms with van der Waals surface area (Å²) in [7, 11) is 0. The Bertz CT molecular complexity index is 1180. The van der Waals surface area contributed by atoms with Crippen molar-refractivity contribution in [2.45, 2.75) is 13.3 Å². The number of para-hydroxylation sites is 1. The van der Waals surface area contributed by atoms with Crippen LogP contribution in [0.4, 0.5) is 10.3 Å². The van der Waals surface area contributed by atoms with Crippen LogP contribution in [0.25, 0.3) is 0 Å². The lowest BCUT2D eigenvalue weighted by molar-refractivity contribution is 0.100. The second-order valence-electron chi connectivity index (χ2n) is 6.23. The molecule has 2 aromatic heterocycles. The minimum absolute atomic E-state index is 0.00532. The number of ether oxygens (including phenoxy) is 1. The SMILES string of the molecule is O=C(Nc1ncn(Cc2ccccc2F)n1)c1ccnn1COc1ccccc1Cl. The first-order chi connectivity index (χ1) is 14.6. The molecule has 0 aliphatic rings. The van der Waals surface area contributed by atoms with Crippen LogP contribution in [0.5, 0.6) is 5.75 Å². The Kier molecular flexibility index (Phi) is 5.71. The van der Waals surface area contributed by atoms with Gasteiger partial charge < -0.3 is 4.74 Å². The molecule has 4 rings (SSSR count). The van der Waals surface area contributed by atoms with E-state index in [4.69, 9.17) is 16.3 Å². The number of rotatable bonds is 7. The van der Waals surface area contributed by atoms with Gasteiger partial charge in [0.2, 0.25) is 5.95 Å². The van der Waals surface area contributed by atoms with E-state index in [1.807, 2.05) is 0 Å². The zero-order valence-electron chi connectivity index (χ0n) is 15.6. The van der Waals surface area contributed by atoms with E-state index >= 15 is 0 Å². The van der Waals surface area contributed by atoms with Gasteiger partial charge in [-0.15, -0.1) is 5.10 Å². The van der Waals surface area contributed by atoms with E-state index in [0.717, 1.165) is 0 Å². The predicted octanol–water partition coefficient (Wildman–Crippen LogP) is 3.60. The molecule has 1 N–H and O–H groups in total. The fraction of sp³-hybridized carbons (Fsp3) is 0.100. The smallest absolute Gasteiger partial charge is 0.276 e. The molecule has 4 aromatic rings. The van der Waals surface area contributed by atoms with Crippen molar-refractivity contribution in [1.29, 1.82) is 0 Å². The zero-order chi connectivity index (χ0) is 20.9. The second-order valence-corrected chi connectivity index (χ2v) is 6.64. The third-order valence-corrected chi connectivity index (χ3v) is 4.49. The summed E-state index contributed by atoms with van der Waals surface area (Å²) in [6.45, 7) is 0.188. The second kappa shape index (κ2) is 8.75. The Morgan fingerprint density at radius 1 is 1.13 bits per heavy atom. The maximum atomic E-state index is 13.8. The summed E-state index contributed by atoms with van der Waals surface area (Å²) in [6, 6.07) is 14.9. The van der Waals surface area contributed by atoms with Gasteiger partial charge in [-0.2, -0.15) is 5.10 Å². The molecule has 2 aromatic carbocycles. The van der Waals surface area contributed by atoms with Gasteiger partial charge in [0.25, 0.3) is 5.91 Å². The molecule has 0 fully saturated rings. The highest BCUT2D eigenvalue weighted by Gasteiger charge is 2.15. The summed E-state index contributed by atoms with van der Waals surface area (Å²) in [6.07, 6.45) is 2.90. The Morgan fingerprint density at radius 2 is 1.93 bits per heavy atom. The number of nitrogens with one attached hydrogen (secondary N) is 1. The van der Waals surface area contributed by atoms with Gasteiger partial charge >= 0.3 is 0 Å². The van der Waals surface area contributed by atoms with Crippen LogP contribution in [-0.2, 0) is 13.3 Å². The van der Waals surface area contributed by atoms with Crippen LogP contribution in [0.1, 0.15) is 16.1 Å². The molecule has 0 unspecified atom stereocenters. The van der Waals surface area contributed by atoms with Crippen molar-refractivity contribution in [3.8, 4) is 5.75 Å². The van der Waals surface area contributed by atoms with E-state index in [-0.39, 0.29) is 30.7 Å². The van der Waals surface area contributed by atoms with E-state index < -0.39 is 5.91 Å². The van der Waals surface area contributed by atoms with Crippen molar-refractivity contribution in [3.05, 3.63) is 89.2 Å². The maximum Gasteiger partial charge on any atom is 0.276 e. The first-order valence-corrected chi connectivity index (χ1v) is 9.31. The van der Waals surface area contributed by atoms with Crippen LogP contribution in [0.15, 0.2) is 67.1 Å². The highest BCUT2D eigenvalue weighted by Crippen LogP contribution is 2.23. The van der Waals surface area contributed by atoms with Gasteiger partial charge in [0.1, 0.15) is 23.6 Å². The number of hydrogen-bond donors (Lipinski definition) is 1. The molecule has 0 saturated heterocycles. The summed E-state index contributed by atoms with van der Waals surface area (Å²) < 4.78 is 22.2. The summed E-state index contributed by atoms with van der Waals surface area (Å²) in [4.78, 5) is 16.6. The highest BCUT2D eigenvalue weighted by molar-refractivity contribution is 6.32. The predicted molar refractivity (Wildman–Crippen MR) is 108 cm³/mol. The molecule has 1 amide bonds. The van der Waals surface area contributed by atoms with Gasteiger partial charge in [0.15, 0.2) is 6.73 Å². The molecule has 0 bridgehead atoms. The van der Waals surface area contributed by atoms with E-state index in [0.29, 0.717) is 16.3 Å². The van der Waals surface area contributed by atoms with E-state index in [9.17, 15) is 9.18 Å². The fourth-order valence-electron chi connectivity index (χ4n) is 2.72. The van der Waals surface area contributed by atoms with Crippen LogP contribution >= 0.6 is 11.6 Å². The molecule has 0 aliphatic heterocycles. The van der Waals surface area contributed by atoms with Crippen LogP contribution in [0, 0.1) is 5.82 Å². The molecular formula is C20H16ClFN6O2. The molecule has 30 heavy (non-hydrogen) atoms. The normalized spacial score (nSPS) is 10.7. The van der Waals surface area contributed by atoms with Gasteiger partial charge in [-0.05, 0) is 24.3 Å². The van der Waals surface area contributed by atoms with Gasteiger partial charge in [-0.3, -0.25) is 10.1 Å². The van der Waals surface area contributed by atoms with Crippen molar-refractivity contribution in [3.63, 3.8) is 0 Å². The van der Waals surface area contributed by atoms with Gasteiger partial charge in [0.05, 0.1) is 11.6 Å². The topological polar surface area (TPSA) is 86.9 Å². The average molecular weight is 427 g/mol. The van der Waals surface area contributed by atoms with Crippen molar-refractivity contribution >= 4 is 23.5 Å². The number of benzene rings is 2. The number of carbonyl (C=O) groups excluding carboxylic acids is 1. The summed E-state index contributed by atoms with van der Waals surface area (Å²) in [5.41, 5.74) is 0.725. The summed E-state index contributed by atoms with van der Waals surface area (Å²) >= 11 is 6.07. The van der Waals surface area contributed by atoms with E-state index in [1.165, 1.54) is 28.0 Å². The van der Waals surface area contributed by atoms with Crippen molar-refractivity contribution in [2.75, 3.05) is 5.32 Å². The Hall–Kier alpha value is -3.72. The Labute approximate surface area is 175 Å².